The molecule has 4 heterocycles. The van der Waals surface area contributed by atoms with E-state index in [-0.39, 0.29) is 23.5 Å². The SMILES string of the molecule is O=C(c1cc(-c2cccs2)n(C2CCS(=O)(=O)C2)n1)N1CCN(CC=Cc2ccccc2)CC1. The Balaban J connectivity index is 1.25. The van der Waals surface area contributed by atoms with Crippen molar-refractivity contribution >= 4 is 33.2 Å². The van der Waals surface area contributed by atoms with Crippen molar-refractivity contribution in [3.63, 3.8) is 0 Å². The lowest BCUT2D eigenvalue weighted by atomic mass is 10.2. The van der Waals surface area contributed by atoms with Gasteiger partial charge >= 0.3 is 0 Å². The fourth-order valence-electron chi connectivity index (χ4n) is 4.55. The lowest BCUT2D eigenvalue weighted by molar-refractivity contribution is 0.0643. The van der Waals surface area contributed by atoms with Gasteiger partial charge in [0.05, 0.1) is 28.1 Å². The van der Waals surface area contributed by atoms with Gasteiger partial charge in [0.25, 0.3) is 5.91 Å². The molecule has 0 spiro atoms. The van der Waals surface area contributed by atoms with E-state index in [1.165, 1.54) is 5.56 Å². The summed E-state index contributed by atoms with van der Waals surface area (Å²) in [5, 5.41) is 6.61. The molecule has 178 valence electrons. The molecule has 2 aliphatic rings. The van der Waals surface area contributed by atoms with Crippen molar-refractivity contribution in [3.8, 4) is 10.6 Å². The van der Waals surface area contributed by atoms with Crippen LogP contribution in [0.4, 0.5) is 0 Å². The van der Waals surface area contributed by atoms with E-state index in [1.807, 2.05) is 46.7 Å². The first-order chi connectivity index (χ1) is 16.5. The molecule has 2 aliphatic heterocycles. The highest BCUT2D eigenvalue weighted by Gasteiger charge is 2.33. The fraction of sp³-hybridized carbons (Fsp3) is 0.360. The van der Waals surface area contributed by atoms with Gasteiger partial charge in [0, 0.05) is 32.7 Å². The molecule has 0 N–H and O–H groups in total. The topological polar surface area (TPSA) is 75.5 Å². The van der Waals surface area contributed by atoms with E-state index < -0.39 is 9.84 Å². The van der Waals surface area contributed by atoms with Gasteiger partial charge in [-0.05, 0) is 29.5 Å². The highest BCUT2D eigenvalue weighted by molar-refractivity contribution is 7.91. The number of rotatable bonds is 6. The molecule has 9 heteroatoms. The van der Waals surface area contributed by atoms with Crippen LogP contribution in [0.15, 0.2) is 60.0 Å². The number of carbonyl (C=O) groups excluding carboxylic acids is 1. The number of benzene rings is 1. The summed E-state index contributed by atoms with van der Waals surface area (Å²) in [6, 6.07) is 15.8. The molecule has 2 fully saturated rings. The fourth-order valence-corrected chi connectivity index (χ4v) is 6.98. The number of thiophene rings is 1. The van der Waals surface area contributed by atoms with Crippen LogP contribution in [0, 0.1) is 0 Å². The van der Waals surface area contributed by atoms with E-state index in [2.05, 4.69) is 34.3 Å². The first kappa shape index (κ1) is 23.0. The molecule has 34 heavy (non-hydrogen) atoms. The van der Waals surface area contributed by atoms with Gasteiger partial charge in [-0.15, -0.1) is 11.3 Å². The molecule has 0 radical (unpaired) electrons. The second-order valence-electron chi connectivity index (χ2n) is 8.80. The zero-order chi connectivity index (χ0) is 23.5. The average molecular weight is 497 g/mol. The molecule has 0 saturated carbocycles. The van der Waals surface area contributed by atoms with E-state index in [4.69, 9.17) is 0 Å². The van der Waals surface area contributed by atoms with Gasteiger partial charge in [-0.2, -0.15) is 5.10 Å². The van der Waals surface area contributed by atoms with Gasteiger partial charge in [-0.3, -0.25) is 14.4 Å². The number of carbonyl (C=O) groups is 1. The summed E-state index contributed by atoms with van der Waals surface area (Å²) in [4.78, 5) is 18.5. The van der Waals surface area contributed by atoms with E-state index in [0.29, 0.717) is 25.2 Å². The molecule has 7 nitrogen and oxygen atoms in total. The third-order valence-electron chi connectivity index (χ3n) is 6.42. The number of amides is 1. The van der Waals surface area contributed by atoms with Crippen molar-refractivity contribution in [2.75, 3.05) is 44.2 Å². The van der Waals surface area contributed by atoms with Crippen LogP contribution in [-0.4, -0.2) is 78.1 Å². The van der Waals surface area contributed by atoms with E-state index >= 15 is 0 Å². The quantitative estimate of drug-likeness (QED) is 0.523. The first-order valence-electron chi connectivity index (χ1n) is 11.6. The number of piperazine rings is 1. The van der Waals surface area contributed by atoms with Crippen molar-refractivity contribution in [1.82, 2.24) is 19.6 Å². The Bertz CT molecular complexity index is 1260. The zero-order valence-corrected chi connectivity index (χ0v) is 20.5. The van der Waals surface area contributed by atoms with Crippen LogP contribution in [0.3, 0.4) is 0 Å². The molecule has 1 unspecified atom stereocenters. The molecule has 1 aromatic carbocycles. The van der Waals surface area contributed by atoms with Crippen molar-refractivity contribution in [1.29, 1.82) is 0 Å². The molecule has 3 aromatic rings. The van der Waals surface area contributed by atoms with Crippen molar-refractivity contribution in [2.45, 2.75) is 12.5 Å². The maximum atomic E-state index is 13.3. The highest BCUT2D eigenvalue weighted by Crippen LogP contribution is 2.32. The maximum Gasteiger partial charge on any atom is 0.274 e. The van der Waals surface area contributed by atoms with Crippen LogP contribution in [0.1, 0.15) is 28.5 Å². The molecular formula is C25H28N4O3S2. The van der Waals surface area contributed by atoms with Crippen LogP contribution < -0.4 is 0 Å². The molecule has 2 aromatic heterocycles. The Kier molecular flexibility index (Phi) is 6.67. The van der Waals surface area contributed by atoms with Gasteiger partial charge < -0.3 is 4.90 Å². The van der Waals surface area contributed by atoms with Crippen LogP contribution in [-0.2, 0) is 9.84 Å². The first-order valence-corrected chi connectivity index (χ1v) is 14.3. The zero-order valence-electron chi connectivity index (χ0n) is 18.9. The third-order valence-corrected chi connectivity index (χ3v) is 9.06. The van der Waals surface area contributed by atoms with Crippen LogP contribution in [0.5, 0.6) is 0 Å². The summed E-state index contributed by atoms with van der Waals surface area (Å²) in [5.74, 6) is 0.165. The smallest absolute Gasteiger partial charge is 0.274 e. The predicted octanol–water partition coefficient (Wildman–Crippen LogP) is 3.44. The number of sulfone groups is 1. The Hall–Kier alpha value is -2.75. The van der Waals surface area contributed by atoms with Gasteiger partial charge in [0.15, 0.2) is 15.5 Å². The number of nitrogens with zero attached hydrogens (tertiary/aromatic N) is 4. The lowest BCUT2D eigenvalue weighted by Gasteiger charge is -2.33. The van der Waals surface area contributed by atoms with E-state index in [9.17, 15) is 13.2 Å². The monoisotopic (exact) mass is 496 g/mol. The third kappa shape index (κ3) is 5.16. The summed E-state index contributed by atoms with van der Waals surface area (Å²) in [7, 11) is -3.06. The number of hydrogen-bond acceptors (Lipinski definition) is 6. The van der Waals surface area contributed by atoms with Gasteiger partial charge in [-0.1, -0.05) is 48.6 Å². The summed E-state index contributed by atoms with van der Waals surface area (Å²) >= 11 is 1.57. The van der Waals surface area contributed by atoms with E-state index in [1.54, 1.807) is 16.0 Å². The minimum atomic E-state index is -3.06. The highest BCUT2D eigenvalue weighted by atomic mass is 32.2. The molecular weight excluding hydrogens is 468 g/mol. The standard InChI is InChI=1S/C25H28N4O3S2/c30-25(28-14-12-27(13-15-28)11-4-8-20-6-2-1-3-7-20)22-18-23(24-9-5-16-33-24)29(26-22)21-10-17-34(31,32)19-21/h1-9,16,18,21H,10-15,17,19H2. The Morgan fingerprint density at radius 1 is 1.09 bits per heavy atom. The minimum Gasteiger partial charge on any atom is -0.335 e. The molecule has 1 atom stereocenters. The second-order valence-corrected chi connectivity index (χ2v) is 12.0. The average Bonchev–Trinajstić information content (AvgIpc) is 3.59. The minimum absolute atomic E-state index is 0.0792. The summed E-state index contributed by atoms with van der Waals surface area (Å²) in [5.41, 5.74) is 2.40. The molecule has 0 aliphatic carbocycles. The Morgan fingerprint density at radius 3 is 2.56 bits per heavy atom. The van der Waals surface area contributed by atoms with Crippen molar-refractivity contribution < 1.29 is 13.2 Å². The summed E-state index contributed by atoms with van der Waals surface area (Å²) in [6.45, 7) is 3.77. The largest absolute Gasteiger partial charge is 0.335 e. The van der Waals surface area contributed by atoms with Crippen LogP contribution in [0.2, 0.25) is 0 Å². The molecule has 2 saturated heterocycles. The maximum absolute atomic E-state index is 13.3. The second kappa shape index (κ2) is 9.85. The van der Waals surface area contributed by atoms with Crippen molar-refractivity contribution in [3.05, 3.63) is 71.2 Å². The summed E-state index contributed by atoms with van der Waals surface area (Å²) in [6.07, 6.45) is 4.82. The molecule has 5 rings (SSSR count). The number of aromatic nitrogens is 2. The predicted molar refractivity (Wildman–Crippen MR) is 136 cm³/mol. The number of hydrogen-bond donors (Lipinski definition) is 0. The van der Waals surface area contributed by atoms with Gasteiger partial charge in [0.2, 0.25) is 0 Å². The molecule has 0 bridgehead atoms. The van der Waals surface area contributed by atoms with Crippen molar-refractivity contribution in [2.24, 2.45) is 0 Å². The normalized spacial score (nSPS) is 20.8. The van der Waals surface area contributed by atoms with Gasteiger partial charge in [-0.25, -0.2) is 8.42 Å². The van der Waals surface area contributed by atoms with Crippen LogP contribution >= 0.6 is 11.3 Å². The van der Waals surface area contributed by atoms with E-state index in [0.717, 1.165) is 30.2 Å². The molecule has 1 amide bonds. The van der Waals surface area contributed by atoms with Gasteiger partial charge in [0.1, 0.15) is 0 Å². The Labute approximate surface area is 204 Å². The van der Waals surface area contributed by atoms with Crippen LogP contribution in [0.25, 0.3) is 16.6 Å². The summed E-state index contributed by atoms with van der Waals surface area (Å²) < 4.78 is 25.9. The lowest BCUT2D eigenvalue weighted by Crippen LogP contribution is -2.48. The Morgan fingerprint density at radius 2 is 1.88 bits per heavy atom.